The number of esters is 1. The molecular formula is C16H12N2O6. The second-order valence-corrected chi connectivity index (χ2v) is 5.40. The summed E-state index contributed by atoms with van der Waals surface area (Å²) in [5, 5.41) is 21.6. The molecule has 0 unspecified atom stereocenters. The first kappa shape index (κ1) is 15.6. The van der Waals surface area contributed by atoms with Gasteiger partial charge in [-0.15, -0.1) is 0 Å². The third kappa shape index (κ3) is 2.37. The number of nitro groups is 2. The topological polar surface area (TPSA) is 113 Å². The highest BCUT2D eigenvalue weighted by atomic mass is 16.6. The van der Waals surface area contributed by atoms with E-state index in [0.29, 0.717) is 17.5 Å². The van der Waals surface area contributed by atoms with Crippen molar-refractivity contribution >= 4 is 17.3 Å². The molecule has 0 spiro atoms. The molecule has 1 heterocycles. The fourth-order valence-electron chi connectivity index (χ4n) is 2.95. The maximum atomic E-state index is 12.4. The number of ether oxygens (including phenoxy) is 1. The molecule has 1 aliphatic rings. The molecule has 8 heteroatoms. The molecule has 122 valence electrons. The van der Waals surface area contributed by atoms with Crippen LogP contribution >= 0.6 is 0 Å². The summed E-state index contributed by atoms with van der Waals surface area (Å²) in [5.41, 5.74) is -0.147. The van der Waals surface area contributed by atoms with Crippen LogP contribution in [0.5, 0.6) is 0 Å². The maximum absolute atomic E-state index is 12.4. The van der Waals surface area contributed by atoms with Crippen LogP contribution in [0.1, 0.15) is 17.5 Å². The Morgan fingerprint density at radius 1 is 0.833 bits per heavy atom. The van der Waals surface area contributed by atoms with E-state index in [1.165, 1.54) is 48.5 Å². The molecule has 3 rings (SSSR count). The minimum Gasteiger partial charge on any atom is -0.465 e. The first-order chi connectivity index (χ1) is 11.4. The molecule has 2 aromatic carbocycles. The average Bonchev–Trinajstić information content (AvgIpc) is 2.97. The number of carbonyl (C=O) groups excluding carboxylic acids is 1. The number of hydrogen-bond donors (Lipinski definition) is 0. The molecule has 1 fully saturated rings. The van der Waals surface area contributed by atoms with E-state index < -0.39 is 21.2 Å². The SMILES string of the molecule is O=C1OCCC1(c1ccc([N+](=O)[O-])cc1)c1ccc([N+](=O)[O-])cc1. The zero-order valence-electron chi connectivity index (χ0n) is 12.4. The molecule has 1 aliphatic heterocycles. The molecule has 0 radical (unpaired) electrons. The fraction of sp³-hybridized carbons (Fsp3) is 0.188. The fourth-order valence-corrected chi connectivity index (χ4v) is 2.95. The standard InChI is InChI=1S/C16H12N2O6/c19-15-16(9-10-24-15,11-1-5-13(6-2-11)17(20)21)12-3-7-14(8-4-12)18(22)23/h1-8H,9-10H2. The monoisotopic (exact) mass is 328 g/mol. The van der Waals surface area contributed by atoms with E-state index in [-0.39, 0.29) is 18.0 Å². The summed E-state index contributed by atoms with van der Waals surface area (Å²) in [4.78, 5) is 33.0. The lowest BCUT2D eigenvalue weighted by Crippen LogP contribution is -2.32. The zero-order valence-corrected chi connectivity index (χ0v) is 12.4. The summed E-state index contributed by atoms with van der Waals surface area (Å²) in [5.74, 6) is -0.467. The minimum absolute atomic E-state index is 0.0797. The van der Waals surface area contributed by atoms with Gasteiger partial charge in [0.1, 0.15) is 5.41 Å². The van der Waals surface area contributed by atoms with Crippen LogP contribution < -0.4 is 0 Å². The Hall–Kier alpha value is -3.29. The summed E-state index contributed by atoms with van der Waals surface area (Å²) in [6.07, 6.45) is 0.363. The van der Waals surface area contributed by atoms with E-state index in [2.05, 4.69) is 0 Å². The van der Waals surface area contributed by atoms with Crippen LogP contribution in [0.2, 0.25) is 0 Å². The predicted molar refractivity (Wildman–Crippen MR) is 82.5 cm³/mol. The third-order valence-corrected chi connectivity index (χ3v) is 4.20. The highest BCUT2D eigenvalue weighted by molar-refractivity contribution is 5.89. The Bertz CT molecular complexity index is 756. The van der Waals surface area contributed by atoms with Crippen LogP contribution in [0, 0.1) is 20.2 Å². The molecule has 8 nitrogen and oxygen atoms in total. The van der Waals surface area contributed by atoms with Crippen molar-refractivity contribution in [1.29, 1.82) is 0 Å². The summed E-state index contributed by atoms with van der Waals surface area (Å²) < 4.78 is 5.13. The molecule has 0 bridgehead atoms. The van der Waals surface area contributed by atoms with E-state index in [1.54, 1.807) is 0 Å². The Morgan fingerprint density at radius 2 is 1.25 bits per heavy atom. The quantitative estimate of drug-likeness (QED) is 0.484. The molecule has 0 N–H and O–H groups in total. The molecular weight excluding hydrogens is 316 g/mol. The van der Waals surface area contributed by atoms with Crippen molar-refractivity contribution in [3.8, 4) is 0 Å². The second kappa shape index (κ2) is 5.73. The van der Waals surface area contributed by atoms with E-state index in [4.69, 9.17) is 4.74 Å². The lowest BCUT2D eigenvalue weighted by molar-refractivity contribution is -0.385. The van der Waals surface area contributed by atoms with E-state index in [0.717, 1.165) is 0 Å². The number of cyclic esters (lactones) is 1. The van der Waals surface area contributed by atoms with Crippen LogP contribution in [-0.4, -0.2) is 22.4 Å². The largest absolute Gasteiger partial charge is 0.465 e. The number of hydrogen-bond acceptors (Lipinski definition) is 6. The number of nitrogens with zero attached hydrogens (tertiary/aromatic N) is 2. The molecule has 2 aromatic rings. The van der Waals surface area contributed by atoms with Gasteiger partial charge in [-0.3, -0.25) is 25.0 Å². The van der Waals surface area contributed by atoms with Gasteiger partial charge >= 0.3 is 5.97 Å². The van der Waals surface area contributed by atoms with Gasteiger partial charge < -0.3 is 4.74 Å². The molecule has 0 saturated carbocycles. The number of rotatable bonds is 4. The summed E-state index contributed by atoms with van der Waals surface area (Å²) >= 11 is 0. The van der Waals surface area contributed by atoms with Crippen LogP contribution in [0.15, 0.2) is 48.5 Å². The first-order valence-corrected chi connectivity index (χ1v) is 7.12. The second-order valence-electron chi connectivity index (χ2n) is 5.40. The number of nitro benzene ring substituents is 2. The average molecular weight is 328 g/mol. The smallest absolute Gasteiger partial charge is 0.321 e. The van der Waals surface area contributed by atoms with Gasteiger partial charge in [0.25, 0.3) is 11.4 Å². The van der Waals surface area contributed by atoms with Gasteiger partial charge in [0.2, 0.25) is 0 Å². The molecule has 24 heavy (non-hydrogen) atoms. The van der Waals surface area contributed by atoms with Gasteiger partial charge in [0, 0.05) is 30.7 Å². The number of carbonyl (C=O) groups is 1. The van der Waals surface area contributed by atoms with Crippen LogP contribution in [0.25, 0.3) is 0 Å². The Balaban J connectivity index is 2.10. The molecule has 0 aromatic heterocycles. The molecule has 0 amide bonds. The van der Waals surface area contributed by atoms with Gasteiger partial charge in [0.05, 0.1) is 16.5 Å². The van der Waals surface area contributed by atoms with E-state index >= 15 is 0 Å². The van der Waals surface area contributed by atoms with Crippen molar-refractivity contribution < 1.29 is 19.4 Å². The first-order valence-electron chi connectivity index (χ1n) is 7.12. The van der Waals surface area contributed by atoms with Gasteiger partial charge in [0.15, 0.2) is 0 Å². The van der Waals surface area contributed by atoms with Crippen molar-refractivity contribution in [1.82, 2.24) is 0 Å². The van der Waals surface area contributed by atoms with Crippen molar-refractivity contribution in [3.63, 3.8) is 0 Å². The van der Waals surface area contributed by atoms with E-state index in [1.807, 2.05) is 0 Å². The lowest BCUT2D eigenvalue weighted by atomic mass is 9.73. The van der Waals surface area contributed by atoms with Gasteiger partial charge in [-0.05, 0) is 11.1 Å². The maximum Gasteiger partial charge on any atom is 0.321 e. The van der Waals surface area contributed by atoms with Crippen molar-refractivity contribution in [2.45, 2.75) is 11.8 Å². The minimum atomic E-state index is -1.11. The lowest BCUT2D eigenvalue weighted by Gasteiger charge is -2.25. The Morgan fingerprint density at radius 3 is 1.54 bits per heavy atom. The van der Waals surface area contributed by atoms with Crippen molar-refractivity contribution in [2.75, 3.05) is 6.61 Å². The zero-order chi connectivity index (χ0) is 17.3. The summed E-state index contributed by atoms with van der Waals surface area (Å²) in [6, 6.07) is 11.4. The van der Waals surface area contributed by atoms with Crippen LogP contribution in [-0.2, 0) is 14.9 Å². The van der Waals surface area contributed by atoms with Gasteiger partial charge in [-0.25, -0.2) is 0 Å². The summed E-state index contributed by atoms with van der Waals surface area (Å²) in [7, 11) is 0. The predicted octanol–water partition coefficient (Wildman–Crippen LogP) is 2.74. The van der Waals surface area contributed by atoms with Crippen LogP contribution in [0.4, 0.5) is 11.4 Å². The van der Waals surface area contributed by atoms with Crippen LogP contribution in [0.3, 0.4) is 0 Å². The van der Waals surface area contributed by atoms with Crippen molar-refractivity contribution in [3.05, 3.63) is 79.9 Å². The summed E-state index contributed by atoms with van der Waals surface area (Å²) in [6.45, 7) is 0.215. The Labute approximate surface area is 136 Å². The van der Waals surface area contributed by atoms with Gasteiger partial charge in [-0.1, -0.05) is 24.3 Å². The third-order valence-electron chi connectivity index (χ3n) is 4.20. The number of benzene rings is 2. The van der Waals surface area contributed by atoms with Gasteiger partial charge in [-0.2, -0.15) is 0 Å². The molecule has 0 aliphatic carbocycles. The molecule has 1 saturated heterocycles. The highest BCUT2D eigenvalue weighted by Gasteiger charge is 2.47. The highest BCUT2D eigenvalue weighted by Crippen LogP contribution is 2.41. The normalized spacial score (nSPS) is 15.8. The molecule has 0 atom stereocenters. The van der Waals surface area contributed by atoms with Crippen molar-refractivity contribution in [2.24, 2.45) is 0 Å². The Kier molecular flexibility index (Phi) is 3.72. The number of non-ortho nitro benzene ring substituents is 2. The van der Waals surface area contributed by atoms with E-state index in [9.17, 15) is 25.0 Å².